The van der Waals surface area contributed by atoms with Crippen molar-refractivity contribution in [3.63, 3.8) is 0 Å². The fourth-order valence-electron chi connectivity index (χ4n) is 1.22. The number of carboxylic acid groups (broad SMARTS) is 1. The number of thioether (sulfide) groups is 1. The summed E-state index contributed by atoms with van der Waals surface area (Å²) in [6.45, 7) is 6.18. The molecule has 0 saturated carbocycles. The number of carbonyl (C=O) groups is 1. The maximum atomic E-state index is 10.9. The molecule has 90 valence electrons. The highest BCUT2D eigenvalue weighted by atomic mass is 32.2. The van der Waals surface area contributed by atoms with Crippen molar-refractivity contribution in [3.05, 3.63) is 0 Å². The van der Waals surface area contributed by atoms with Gasteiger partial charge in [-0.3, -0.25) is 4.79 Å². The van der Waals surface area contributed by atoms with E-state index in [-0.39, 0.29) is 0 Å². The first-order valence-electron chi connectivity index (χ1n) is 5.60. The van der Waals surface area contributed by atoms with Gasteiger partial charge >= 0.3 is 5.97 Å². The van der Waals surface area contributed by atoms with E-state index in [1.54, 1.807) is 0 Å². The zero-order valence-corrected chi connectivity index (χ0v) is 10.8. The maximum absolute atomic E-state index is 10.9. The van der Waals surface area contributed by atoms with Crippen molar-refractivity contribution in [3.8, 4) is 0 Å². The molecule has 0 rings (SSSR count). The third-order valence-corrected chi connectivity index (χ3v) is 4.23. The minimum atomic E-state index is -1.02. The van der Waals surface area contributed by atoms with Gasteiger partial charge in [0.25, 0.3) is 0 Å². The number of aliphatic carboxylic acids is 1. The molecule has 0 aromatic rings. The Hall–Kier alpha value is -0.220. The van der Waals surface area contributed by atoms with Crippen molar-refractivity contribution >= 4 is 17.7 Å². The van der Waals surface area contributed by atoms with Crippen LogP contribution in [0.2, 0.25) is 0 Å². The summed E-state index contributed by atoms with van der Waals surface area (Å²) >= 11 is 1.89. The van der Waals surface area contributed by atoms with Crippen LogP contribution in [0.1, 0.15) is 46.5 Å². The molecule has 0 aliphatic heterocycles. The van der Waals surface area contributed by atoms with Crippen molar-refractivity contribution in [2.24, 2.45) is 5.73 Å². The summed E-state index contributed by atoms with van der Waals surface area (Å²) in [4.78, 5) is 10.9. The van der Waals surface area contributed by atoms with Gasteiger partial charge in [-0.2, -0.15) is 11.8 Å². The molecule has 0 aliphatic carbocycles. The fraction of sp³-hybridized carbons (Fsp3) is 0.909. The van der Waals surface area contributed by atoms with Gasteiger partial charge in [-0.1, -0.05) is 20.8 Å². The molecule has 3 N–H and O–H groups in total. The molecule has 0 radical (unpaired) electrons. The molecule has 3 nitrogen and oxygen atoms in total. The first-order chi connectivity index (χ1) is 6.96. The first kappa shape index (κ1) is 14.8. The average molecular weight is 233 g/mol. The lowest BCUT2D eigenvalue weighted by Gasteiger charge is -2.22. The van der Waals surface area contributed by atoms with Crippen LogP contribution in [0.15, 0.2) is 0 Å². The lowest BCUT2D eigenvalue weighted by Crippen LogP contribution is -2.47. The number of hydrogen-bond acceptors (Lipinski definition) is 3. The van der Waals surface area contributed by atoms with Crippen LogP contribution in [0, 0.1) is 0 Å². The second-order valence-electron chi connectivity index (χ2n) is 4.01. The quantitative estimate of drug-likeness (QED) is 0.632. The minimum Gasteiger partial charge on any atom is -0.480 e. The molecule has 15 heavy (non-hydrogen) atoms. The predicted octanol–water partition coefficient (Wildman–Crippen LogP) is 2.49. The topological polar surface area (TPSA) is 63.3 Å². The van der Waals surface area contributed by atoms with Crippen LogP contribution in [0.4, 0.5) is 0 Å². The van der Waals surface area contributed by atoms with Gasteiger partial charge in [0.05, 0.1) is 0 Å². The number of nitrogens with two attached hydrogens (primary N) is 1. The van der Waals surface area contributed by atoms with E-state index in [2.05, 4.69) is 13.8 Å². The lowest BCUT2D eigenvalue weighted by atomic mass is 9.92. The third-order valence-electron chi connectivity index (χ3n) is 2.80. The number of rotatable bonds is 8. The van der Waals surface area contributed by atoms with Crippen molar-refractivity contribution in [2.45, 2.75) is 57.2 Å². The molecule has 0 amide bonds. The molecule has 0 bridgehead atoms. The third kappa shape index (κ3) is 5.42. The van der Waals surface area contributed by atoms with Crippen LogP contribution >= 0.6 is 11.8 Å². The van der Waals surface area contributed by atoms with Gasteiger partial charge in [0.1, 0.15) is 5.54 Å². The second kappa shape index (κ2) is 7.12. The van der Waals surface area contributed by atoms with Crippen LogP contribution in [0.5, 0.6) is 0 Å². The highest BCUT2D eigenvalue weighted by Gasteiger charge is 2.30. The van der Waals surface area contributed by atoms with Crippen molar-refractivity contribution in [2.75, 3.05) is 5.75 Å². The largest absolute Gasteiger partial charge is 0.480 e. The molecule has 0 heterocycles. The van der Waals surface area contributed by atoms with Crippen LogP contribution in [-0.4, -0.2) is 27.6 Å². The number of hydrogen-bond donors (Lipinski definition) is 2. The molecule has 0 aliphatic rings. The van der Waals surface area contributed by atoms with Gasteiger partial charge in [0.2, 0.25) is 0 Å². The molecule has 2 unspecified atom stereocenters. The summed E-state index contributed by atoms with van der Waals surface area (Å²) in [6, 6.07) is 0. The smallest absolute Gasteiger partial charge is 0.323 e. The Bertz CT molecular complexity index is 199. The van der Waals surface area contributed by atoms with Crippen LogP contribution in [0.25, 0.3) is 0 Å². The predicted molar refractivity (Wildman–Crippen MR) is 66.3 cm³/mol. The summed E-state index contributed by atoms with van der Waals surface area (Å²) in [5, 5.41) is 9.61. The van der Waals surface area contributed by atoms with Crippen LogP contribution in [-0.2, 0) is 4.79 Å². The molecule has 0 aromatic heterocycles. The molecule has 0 saturated heterocycles. The summed E-state index contributed by atoms with van der Waals surface area (Å²) < 4.78 is 0. The lowest BCUT2D eigenvalue weighted by molar-refractivity contribution is -0.143. The van der Waals surface area contributed by atoms with Crippen LogP contribution < -0.4 is 5.73 Å². The maximum Gasteiger partial charge on any atom is 0.323 e. The van der Waals surface area contributed by atoms with Gasteiger partial charge in [-0.25, -0.2) is 0 Å². The summed E-state index contributed by atoms with van der Waals surface area (Å²) in [5.41, 5.74) is 4.76. The standard InChI is InChI=1S/C11H23NO2S/c1-4-9(3)15-8-6-7-11(12,5-2)10(13)14/h9H,4-8,12H2,1-3H3,(H,13,14). The van der Waals surface area contributed by atoms with Gasteiger partial charge in [0.15, 0.2) is 0 Å². The Morgan fingerprint density at radius 2 is 2.13 bits per heavy atom. The van der Waals surface area contributed by atoms with E-state index in [4.69, 9.17) is 10.8 Å². The summed E-state index contributed by atoms with van der Waals surface area (Å²) in [6.07, 6.45) is 3.11. The van der Waals surface area contributed by atoms with Gasteiger partial charge in [0, 0.05) is 5.25 Å². The van der Waals surface area contributed by atoms with Crippen molar-refractivity contribution in [1.29, 1.82) is 0 Å². The molecular formula is C11H23NO2S. The van der Waals surface area contributed by atoms with E-state index in [0.29, 0.717) is 18.1 Å². The highest BCUT2D eigenvalue weighted by molar-refractivity contribution is 7.99. The molecular weight excluding hydrogens is 210 g/mol. The molecule has 0 spiro atoms. The Balaban J connectivity index is 3.78. The van der Waals surface area contributed by atoms with E-state index >= 15 is 0 Å². The van der Waals surface area contributed by atoms with E-state index < -0.39 is 11.5 Å². The zero-order chi connectivity index (χ0) is 11.9. The molecule has 0 aromatic carbocycles. The van der Waals surface area contributed by atoms with E-state index in [1.165, 1.54) is 0 Å². The van der Waals surface area contributed by atoms with Gasteiger partial charge < -0.3 is 10.8 Å². The Morgan fingerprint density at radius 1 is 1.53 bits per heavy atom. The van der Waals surface area contributed by atoms with Gasteiger partial charge in [-0.15, -0.1) is 0 Å². The Labute approximate surface area is 96.8 Å². The van der Waals surface area contributed by atoms with Gasteiger partial charge in [-0.05, 0) is 31.4 Å². The fourth-order valence-corrected chi connectivity index (χ4v) is 2.17. The molecule has 4 heteroatoms. The first-order valence-corrected chi connectivity index (χ1v) is 6.65. The molecule has 0 fully saturated rings. The zero-order valence-electron chi connectivity index (χ0n) is 9.95. The SMILES string of the molecule is CCC(C)SCCCC(N)(CC)C(=O)O. The number of carboxylic acids is 1. The van der Waals surface area contributed by atoms with Crippen molar-refractivity contribution < 1.29 is 9.90 Å². The Kier molecular flexibility index (Phi) is 7.02. The monoisotopic (exact) mass is 233 g/mol. The van der Waals surface area contributed by atoms with Crippen LogP contribution in [0.3, 0.4) is 0 Å². The molecule has 2 atom stereocenters. The normalized spacial score (nSPS) is 17.1. The van der Waals surface area contributed by atoms with Crippen molar-refractivity contribution in [1.82, 2.24) is 0 Å². The van der Waals surface area contributed by atoms with E-state index in [0.717, 1.165) is 18.6 Å². The van der Waals surface area contributed by atoms with E-state index in [1.807, 2.05) is 18.7 Å². The minimum absolute atomic E-state index is 0.496. The Morgan fingerprint density at radius 3 is 2.53 bits per heavy atom. The van der Waals surface area contributed by atoms with E-state index in [9.17, 15) is 4.79 Å². The summed E-state index contributed by atoms with van der Waals surface area (Å²) in [5.74, 6) is 0.125. The second-order valence-corrected chi connectivity index (χ2v) is 5.55. The highest BCUT2D eigenvalue weighted by Crippen LogP contribution is 2.20. The summed E-state index contributed by atoms with van der Waals surface area (Å²) in [7, 11) is 0. The average Bonchev–Trinajstić information content (AvgIpc) is 2.23.